The van der Waals surface area contributed by atoms with Crippen LogP contribution in [0.2, 0.25) is 0 Å². The third-order valence-corrected chi connectivity index (χ3v) is 7.66. The van der Waals surface area contributed by atoms with Crippen LogP contribution in [0.1, 0.15) is 54.7 Å². The van der Waals surface area contributed by atoms with Crippen LogP contribution in [-0.4, -0.2) is 48.9 Å². The van der Waals surface area contributed by atoms with Gasteiger partial charge in [0.15, 0.2) is 17.2 Å². The lowest BCUT2D eigenvalue weighted by Gasteiger charge is -2.31. The molecule has 4 atom stereocenters. The summed E-state index contributed by atoms with van der Waals surface area (Å²) < 4.78 is 35.3. The average Bonchev–Trinajstić information content (AvgIpc) is 3.04. The Hall–Kier alpha value is -4.47. The summed E-state index contributed by atoms with van der Waals surface area (Å²) >= 11 is 0. The van der Waals surface area contributed by atoms with Gasteiger partial charge >= 0.3 is 11.9 Å². The molecule has 0 radical (unpaired) electrons. The second-order valence-corrected chi connectivity index (χ2v) is 10.6. The van der Waals surface area contributed by atoms with E-state index in [0.717, 1.165) is 18.4 Å². The van der Waals surface area contributed by atoms with Crippen molar-refractivity contribution in [2.45, 2.75) is 58.1 Å². The maximum Gasteiger partial charge on any atom is 0.328 e. The molecule has 1 saturated heterocycles. The summed E-state index contributed by atoms with van der Waals surface area (Å²) in [6, 6.07) is 17.2. The summed E-state index contributed by atoms with van der Waals surface area (Å²) in [4.78, 5) is 42.2. The highest BCUT2D eigenvalue weighted by Crippen LogP contribution is 2.33. The number of carbonyl (C=O) groups is 3. The smallest absolute Gasteiger partial charge is 0.328 e. The van der Waals surface area contributed by atoms with Gasteiger partial charge in [0.25, 0.3) is 5.91 Å². The molecule has 1 aliphatic heterocycles. The molecule has 0 aliphatic carbocycles. The Balaban J connectivity index is 1.54. The number of hydrogen-bond acceptors (Lipinski definition) is 8. The molecule has 9 nitrogen and oxygen atoms in total. The van der Waals surface area contributed by atoms with Crippen molar-refractivity contribution in [3.05, 3.63) is 89.5 Å². The van der Waals surface area contributed by atoms with E-state index in [0.29, 0.717) is 19.3 Å². The predicted molar refractivity (Wildman–Crippen MR) is 156 cm³/mol. The number of esters is 2. The van der Waals surface area contributed by atoms with E-state index in [9.17, 15) is 18.8 Å². The van der Waals surface area contributed by atoms with Gasteiger partial charge in [-0.25, -0.2) is 14.2 Å². The van der Waals surface area contributed by atoms with Gasteiger partial charge in [-0.15, -0.1) is 0 Å². The summed E-state index contributed by atoms with van der Waals surface area (Å²) in [7, 11) is 1.40. The van der Waals surface area contributed by atoms with Crippen molar-refractivity contribution in [1.29, 1.82) is 0 Å². The van der Waals surface area contributed by atoms with E-state index in [1.54, 1.807) is 12.1 Å². The zero-order valence-corrected chi connectivity index (χ0v) is 24.6. The minimum absolute atomic E-state index is 0.0177. The molecule has 1 amide bonds. The Morgan fingerprint density at radius 1 is 1.02 bits per heavy atom. The first-order valence-corrected chi connectivity index (χ1v) is 14.3. The van der Waals surface area contributed by atoms with Crippen LogP contribution in [0.15, 0.2) is 66.9 Å². The second kappa shape index (κ2) is 15.1. The molecule has 2 heterocycles. The molecule has 43 heavy (non-hydrogen) atoms. The van der Waals surface area contributed by atoms with Crippen LogP contribution in [-0.2, 0) is 31.9 Å². The summed E-state index contributed by atoms with van der Waals surface area (Å²) in [5.41, 5.74) is 2.02. The number of benzene rings is 2. The molecule has 228 valence electrons. The average molecular weight is 593 g/mol. The molecule has 1 aromatic heterocycles. The number of aromatic nitrogens is 1. The van der Waals surface area contributed by atoms with Crippen molar-refractivity contribution in [1.82, 2.24) is 10.3 Å². The van der Waals surface area contributed by atoms with Gasteiger partial charge in [-0.1, -0.05) is 48.9 Å². The Morgan fingerprint density at radius 3 is 2.44 bits per heavy atom. The van der Waals surface area contributed by atoms with Crippen molar-refractivity contribution in [3.63, 3.8) is 0 Å². The number of amides is 1. The Labute approximate surface area is 250 Å². The Bertz CT molecular complexity index is 1380. The Morgan fingerprint density at radius 2 is 1.74 bits per heavy atom. The van der Waals surface area contributed by atoms with Crippen LogP contribution < -0.4 is 14.8 Å². The van der Waals surface area contributed by atoms with Gasteiger partial charge in [-0.05, 0) is 61.8 Å². The van der Waals surface area contributed by atoms with Crippen molar-refractivity contribution in [2.75, 3.05) is 13.9 Å². The van der Waals surface area contributed by atoms with Gasteiger partial charge < -0.3 is 24.3 Å². The van der Waals surface area contributed by atoms with Crippen LogP contribution >= 0.6 is 0 Å². The number of cyclic esters (lactones) is 1. The fourth-order valence-electron chi connectivity index (χ4n) is 5.47. The molecule has 1 aliphatic rings. The monoisotopic (exact) mass is 592 g/mol. The molecule has 3 aromatic rings. The number of carbonyl (C=O) groups excluding carboxylic acids is 3. The minimum Gasteiger partial charge on any atom is -0.493 e. The quantitative estimate of drug-likeness (QED) is 0.257. The highest BCUT2D eigenvalue weighted by Gasteiger charge is 2.35. The second-order valence-electron chi connectivity index (χ2n) is 10.6. The van der Waals surface area contributed by atoms with Crippen LogP contribution in [0, 0.1) is 17.7 Å². The predicted octanol–water partition coefficient (Wildman–Crippen LogP) is 5.06. The van der Waals surface area contributed by atoms with Crippen molar-refractivity contribution < 1.29 is 37.7 Å². The number of hydrogen-bond donors (Lipinski definition) is 1. The molecule has 0 saturated carbocycles. The highest BCUT2D eigenvalue weighted by molar-refractivity contribution is 5.98. The normalized spacial score (nSPS) is 20.5. The lowest BCUT2D eigenvalue weighted by Crippen LogP contribution is -2.43. The molecule has 0 bridgehead atoms. The molecule has 2 aromatic carbocycles. The Kier molecular flexibility index (Phi) is 11.1. The van der Waals surface area contributed by atoms with Crippen LogP contribution in [0.5, 0.6) is 11.5 Å². The zero-order chi connectivity index (χ0) is 30.8. The van der Waals surface area contributed by atoms with E-state index in [1.165, 1.54) is 44.0 Å². The van der Waals surface area contributed by atoms with Gasteiger partial charge in [-0.3, -0.25) is 9.59 Å². The third-order valence-electron chi connectivity index (χ3n) is 7.66. The van der Waals surface area contributed by atoms with E-state index < -0.39 is 36.8 Å². The van der Waals surface area contributed by atoms with Gasteiger partial charge in [0.2, 0.25) is 6.79 Å². The number of rotatable bonds is 10. The third kappa shape index (κ3) is 8.76. The van der Waals surface area contributed by atoms with Crippen molar-refractivity contribution in [3.8, 4) is 11.5 Å². The first-order valence-electron chi connectivity index (χ1n) is 14.3. The number of halogens is 1. The molecular weight excluding hydrogens is 555 g/mol. The molecular formula is C33H37FN2O7. The van der Waals surface area contributed by atoms with E-state index in [-0.39, 0.29) is 34.8 Å². The number of nitrogens with one attached hydrogen (secondary N) is 1. The lowest BCUT2D eigenvalue weighted by molar-refractivity contribution is -0.154. The molecule has 4 rings (SSSR count). The largest absolute Gasteiger partial charge is 0.493 e. The van der Waals surface area contributed by atoms with E-state index in [1.807, 2.05) is 25.1 Å². The first-order chi connectivity index (χ1) is 20.7. The van der Waals surface area contributed by atoms with Gasteiger partial charge in [0.1, 0.15) is 18.0 Å². The van der Waals surface area contributed by atoms with Crippen molar-refractivity contribution >= 4 is 17.8 Å². The van der Waals surface area contributed by atoms with Gasteiger partial charge in [0.05, 0.1) is 7.11 Å². The number of ether oxygens (including phenoxy) is 4. The molecule has 4 unspecified atom stereocenters. The first kappa shape index (κ1) is 31.5. The molecule has 1 fully saturated rings. The van der Waals surface area contributed by atoms with Gasteiger partial charge in [0, 0.05) is 25.1 Å². The number of methoxy groups -OCH3 is 1. The van der Waals surface area contributed by atoms with E-state index in [4.69, 9.17) is 18.9 Å². The summed E-state index contributed by atoms with van der Waals surface area (Å²) in [6.45, 7) is 2.66. The van der Waals surface area contributed by atoms with Crippen LogP contribution in [0.3, 0.4) is 0 Å². The number of nitrogens with zero attached hydrogens (tertiary/aromatic N) is 1. The highest BCUT2D eigenvalue weighted by atomic mass is 19.1. The maximum absolute atomic E-state index is 13.6. The number of pyridine rings is 1. The molecule has 10 heteroatoms. The fourth-order valence-corrected chi connectivity index (χ4v) is 5.47. The van der Waals surface area contributed by atoms with E-state index >= 15 is 0 Å². The standard InChI is InChI=1S/C33H37FN2O7/c1-21-27(19-24-12-14-26(34)15-13-24)25(18-23-8-5-4-6-9-23)10-7-11-28(33(39)43-21)36-32(38)30-31(42-20-41-22(2)37)29(40-3)16-17-35-30/h4-6,8-9,12-17,21,25,27-28H,7,10-11,18-20H2,1-3H3,(H,36,38). The molecule has 0 spiro atoms. The SMILES string of the molecule is COc1ccnc(C(=O)NC2CCCC(Cc3ccccc3)C(Cc3ccc(F)cc3)C(C)OC2=O)c1OCOC(C)=O. The topological polar surface area (TPSA) is 113 Å². The maximum atomic E-state index is 13.6. The minimum atomic E-state index is -0.925. The molecule has 1 N–H and O–H groups in total. The van der Waals surface area contributed by atoms with Crippen LogP contribution in [0.4, 0.5) is 4.39 Å². The lowest BCUT2D eigenvalue weighted by atomic mass is 9.77. The zero-order valence-electron chi connectivity index (χ0n) is 24.6. The summed E-state index contributed by atoms with van der Waals surface area (Å²) in [5.74, 6) is -1.73. The summed E-state index contributed by atoms with van der Waals surface area (Å²) in [6.07, 6.45) is 4.13. The van der Waals surface area contributed by atoms with Crippen LogP contribution in [0.25, 0.3) is 0 Å². The van der Waals surface area contributed by atoms with Gasteiger partial charge in [-0.2, -0.15) is 0 Å². The van der Waals surface area contributed by atoms with E-state index in [2.05, 4.69) is 22.4 Å². The van der Waals surface area contributed by atoms with Crippen molar-refractivity contribution in [2.24, 2.45) is 11.8 Å². The summed E-state index contributed by atoms with van der Waals surface area (Å²) in [5, 5.41) is 2.77. The fraction of sp³-hybridized carbons (Fsp3) is 0.394.